The third-order valence-corrected chi connectivity index (χ3v) is 2.29. The second kappa shape index (κ2) is 5.99. The standard InChI is InChI=1S/C11H12Cl2O2/c1-2-15-11-4-3-8(13)7-9(11)10(14)5-6-12/h3-4,7H,2,5-6H2,1H3. The van der Waals surface area contributed by atoms with E-state index in [-0.39, 0.29) is 5.78 Å². The van der Waals surface area contributed by atoms with Gasteiger partial charge in [0, 0.05) is 17.3 Å². The van der Waals surface area contributed by atoms with Crippen molar-refractivity contribution >= 4 is 29.0 Å². The molecular formula is C11H12Cl2O2. The monoisotopic (exact) mass is 246 g/mol. The maximum Gasteiger partial charge on any atom is 0.167 e. The number of hydrogen-bond donors (Lipinski definition) is 0. The van der Waals surface area contributed by atoms with E-state index in [1.807, 2.05) is 6.92 Å². The van der Waals surface area contributed by atoms with Crippen LogP contribution in [-0.4, -0.2) is 18.3 Å². The lowest BCUT2D eigenvalue weighted by Crippen LogP contribution is -2.04. The molecular weight excluding hydrogens is 235 g/mol. The summed E-state index contributed by atoms with van der Waals surface area (Å²) in [6.07, 6.45) is 0.294. The number of alkyl halides is 1. The van der Waals surface area contributed by atoms with E-state index in [9.17, 15) is 4.79 Å². The molecule has 0 saturated carbocycles. The quantitative estimate of drug-likeness (QED) is 0.587. The molecule has 0 aliphatic heterocycles. The number of carbonyl (C=O) groups excluding carboxylic acids is 1. The van der Waals surface area contributed by atoms with E-state index in [0.29, 0.717) is 35.2 Å². The van der Waals surface area contributed by atoms with Crippen LogP contribution in [0.4, 0.5) is 0 Å². The summed E-state index contributed by atoms with van der Waals surface area (Å²) in [5, 5.41) is 0.524. The van der Waals surface area contributed by atoms with Gasteiger partial charge in [0.05, 0.1) is 12.2 Å². The third kappa shape index (κ3) is 3.40. The fraction of sp³-hybridized carbons (Fsp3) is 0.364. The Morgan fingerprint density at radius 2 is 2.20 bits per heavy atom. The zero-order valence-electron chi connectivity index (χ0n) is 8.43. The van der Waals surface area contributed by atoms with E-state index in [2.05, 4.69) is 0 Å². The molecule has 1 aromatic rings. The summed E-state index contributed by atoms with van der Waals surface area (Å²) in [5.74, 6) is 0.824. The highest BCUT2D eigenvalue weighted by atomic mass is 35.5. The summed E-state index contributed by atoms with van der Waals surface area (Å²) in [6, 6.07) is 5.01. The second-order valence-corrected chi connectivity index (χ2v) is 3.75. The van der Waals surface area contributed by atoms with Crippen molar-refractivity contribution in [2.75, 3.05) is 12.5 Å². The smallest absolute Gasteiger partial charge is 0.167 e. The number of ether oxygens (including phenoxy) is 1. The van der Waals surface area contributed by atoms with Gasteiger partial charge < -0.3 is 4.74 Å². The maximum absolute atomic E-state index is 11.7. The van der Waals surface area contributed by atoms with Crippen molar-refractivity contribution in [3.05, 3.63) is 28.8 Å². The van der Waals surface area contributed by atoms with E-state index >= 15 is 0 Å². The number of rotatable bonds is 5. The van der Waals surface area contributed by atoms with Crippen LogP contribution in [0.25, 0.3) is 0 Å². The Morgan fingerprint density at radius 1 is 1.47 bits per heavy atom. The van der Waals surface area contributed by atoms with Gasteiger partial charge in [-0.15, -0.1) is 11.6 Å². The fourth-order valence-electron chi connectivity index (χ4n) is 1.22. The first-order valence-corrected chi connectivity index (χ1v) is 5.61. The summed E-state index contributed by atoms with van der Waals surface area (Å²) < 4.78 is 5.34. The molecule has 2 nitrogen and oxygen atoms in total. The van der Waals surface area contributed by atoms with E-state index in [0.717, 1.165) is 0 Å². The van der Waals surface area contributed by atoms with Crippen LogP contribution in [0.1, 0.15) is 23.7 Å². The van der Waals surface area contributed by atoms with E-state index in [4.69, 9.17) is 27.9 Å². The Bertz CT molecular complexity index is 350. The van der Waals surface area contributed by atoms with Crippen molar-refractivity contribution in [2.45, 2.75) is 13.3 Å². The highest BCUT2D eigenvalue weighted by Gasteiger charge is 2.12. The molecule has 0 radical (unpaired) electrons. The largest absolute Gasteiger partial charge is 0.493 e. The van der Waals surface area contributed by atoms with Gasteiger partial charge in [0.1, 0.15) is 5.75 Å². The average molecular weight is 247 g/mol. The van der Waals surface area contributed by atoms with Gasteiger partial charge in [0.15, 0.2) is 5.78 Å². The van der Waals surface area contributed by atoms with Crippen LogP contribution in [0.5, 0.6) is 5.75 Å². The molecule has 0 aliphatic carbocycles. The van der Waals surface area contributed by atoms with Crippen molar-refractivity contribution in [3.63, 3.8) is 0 Å². The topological polar surface area (TPSA) is 26.3 Å². The van der Waals surface area contributed by atoms with Gasteiger partial charge in [-0.3, -0.25) is 4.79 Å². The highest BCUT2D eigenvalue weighted by Crippen LogP contribution is 2.24. The molecule has 0 bridgehead atoms. The van der Waals surface area contributed by atoms with Gasteiger partial charge in [-0.2, -0.15) is 0 Å². The average Bonchev–Trinajstić information content (AvgIpc) is 2.21. The maximum atomic E-state index is 11.7. The molecule has 0 fully saturated rings. The summed E-state index contributed by atoms with van der Waals surface area (Å²) >= 11 is 11.3. The molecule has 4 heteroatoms. The minimum absolute atomic E-state index is 0.0454. The Balaban J connectivity index is 3.00. The lowest BCUT2D eigenvalue weighted by atomic mass is 10.1. The third-order valence-electron chi connectivity index (χ3n) is 1.86. The zero-order chi connectivity index (χ0) is 11.3. The number of carbonyl (C=O) groups is 1. The first-order valence-electron chi connectivity index (χ1n) is 4.70. The number of benzene rings is 1. The van der Waals surface area contributed by atoms with Crippen LogP contribution < -0.4 is 4.74 Å². The number of halogens is 2. The van der Waals surface area contributed by atoms with Gasteiger partial charge in [0.25, 0.3) is 0 Å². The Kier molecular flexibility index (Phi) is 4.92. The van der Waals surface area contributed by atoms with Gasteiger partial charge in [0.2, 0.25) is 0 Å². The molecule has 1 rings (SSSR count). The van der Waals surface area contributed by atoms with Gasteiger partial charge in [-0.05, 0) is 25.1 Å². The Hall–Kier alpha value is -0.730. The molecule has 0 heterocycles. The van der Waals surface area contributed by atoms with Gasteiger partial charge in [-0.25, -0.2) is 0 Å². The Labute approximate surface area is 99.1 Å². The van der Waals surface area contributed by atoms with Crippen LogP contribution in [0.15, 0.2) is 18.2 Å². The molecule has 0 spiro atoms. The van der Waals surface area contributed by atoms with Crippen molar-refractivity contribution < 1.29 is 9.53 Å². The molecule has 0 aromatic heterocycles. The molecule has 82 valence electrons. The molecule has 15 heavy (non-hydrogen) atoms. The molecule has 0 amide bonds. The minimum Gasteiger partial charge on any atom is -0.493 e. The van der Waals surface area contributed by atoms with Crippen molar-refractivity contribution in [3.8, 4) is 5.75 Å². The van der Waals surface area contributed by atoms with Crippen LogP contribution in [0.3, 0.4) is 0 Å². The zero-order valence-corrected chi connectivity index (χ0v) is 9.94. The Morgan fingerprint density at radius 3 is 2.80 bits per heavy atom. The highest BCUT2D eigenvalue weighted by molar-refractivity contribution is 6.31. The second-order valence-electron chi connectivity index (χ2n) is 2.94. The molecule has 0 atom stereocenters. The SMILES string of the molecule is CCOc1ccc(Cl)cc1C(=O)CCCl. The van der Waals surface area contributed by atoms with Gasteiger partial charge >= 0.3 is 0 Å². The lowest BCUT2D eigenvalue weighted by Gasteiger charge is -2.08. The van der Waals surface area contributed by atoms with E-state index < -0.39 is 0 Å². The first-order chi connectivity index (χ1) is 7.19. The predicted molar refractivity (Wildman–Crippen MR) is 62.3 cm³/mol. The molecule has 0 N–H and O–H groups in total. The fourth-order valence-corrected chi connectivity index (χ4v) is 1.57. The number of Topliss-reactive ketones (excluding diaryl/α,β-unsaturated/α-hetero) is 1. The van der Waals surface area contributed by atoms with Crippen LogP contribution in [0, 0.1) is 0 Å². The van der Waals surface area contributed by atoms with Crippen molar-refractivity contribution in [1.82, 2.24) is 0 Å². The summed E-state index contributed by atoms with van der Waals surface area (Å²) in [4.78, 5) is 11.7. The van der Waals surface area contributed by atoms with Crippen LogP contribution in [0.2, 0.25) is 5.02 Å². The van der Waals surface area contributed by atoms with Crippen molar-refractivity contribution in [2.24, 2.45) is 0 Å². The molecule has 1 aromatic carbocycles. The van der Waals surface area contributed by atoms with Crippen LogP contribution >= 0.6 is 23.2 Å². The number of hydrogen-bond acceptors (Lipinski definition) is 2. The van der Waals surface area contributed by atoms with E-state index in [1.165, 1.54) is 0 Å². The predicted octanol–water partition coefficient (Wildman–Crippen LogP) is 3.55. The molecule has 0 aliphatic rings. The number of ketones is 1. The van der Waals surface area contributed by atoms with E-state index in [1.54, 1.807) is 18.2 Å². The minimum atomic E-state index is -0.0454. The van der Waals surface area contributed by atoms with Crippen molar-refractivity contribution in [1.29, 1.82) is 0 Å². The van der Waals surface area contributed by atoms with Gasteiger partial charge in [-0.1, -0.05) is 11.6 Å². The van der Waals surface area contributed by atoms with Crippen LogP contribution in [-0.2, 0) is 0 Å². The summed E-state index contributed by atoms with van der Waals surface area (Å²) in [7, 11) is 0. The molecule has 0 unspecified atom stereocenters. The first kappa shape index (κ1) is 12.3. The molecule has 0 saturated heterocycles. The summed E-state index contributed by atoms with van der Waals surface area (Å²) in [5.41, 5.74) is 0.505. The lowest BCUT2D eigenvalue weighted by molar-refractivity contribution is 0.0985. The normalized spacial score (nSPS) is 10.1. The summed E-state index contributed by atoms with van der Waals surface area (Å²) in [6.45, 7) is 2.38.